The molecule has 1 N–H and O–H groups in total. The number of carbonyl (C=O) groups is 2. The fraction of sp³-hybridized carbons (Fsp3) is 0.176. The lowest BCUT2D eigenvalue weighted by molar-refractivity contribution is -0.118. The summed E-state index contributed by atoms with van der Waals surface area (Å²) >= 11 is 3.31. The van der Waals surface area contributed by atoms with E-state index in [4.69, 9.17) is 4.74 Å². The van der Waals surface area contributed by atoms with E-state index in [0.717, 1.165) is 24.0 Å². The van der Waals surface area contributed by atoms with Gasteiger partial charge in [-0.3, -0.25) is 9.59 Å². The van der Waals surface area contributed by atoms with Gasteiger partial charge in [-0.15, -0.1) is 0 Å². The molecule has 5 heteroatoms. The Morgan fingerprint density at radius 2 is 2.05 bits per heavy atom. The first-order valence-corrected chi connectivity index (χ1v) is 7.68. The summed E-state index contributed by atoms with van der Waals surface area (Å²) in [5, 5.41) is 2.84. The lowest BCUT2D eigenvalue weighted by Gasteiger charge is -2.11. The average Bonchev–Trinajstić information content (AvgIpc) is 2.54. The second-order valence-corrected chi connectivity index (χ2v) is 5.51. The average molecular weight is 362 g/mol. The van der Waals surface area contributed by atoms with Crippen LogP contribution >= 0.6 is 15.9 Å². The summed E-state index contributed by atoms with van der Waals surface area (Å²) in [5.74, 6) is 0.289. The van der Waals surface area contributed by atoms with Gasteiger partial charge in [-0.2, -0.15) is 0 Å². The van der Waals surface area contributed by atoms with Crippen LogP contribution in [0.3, 0.4) is 0 Å². The number of rotatable bonds is 6. The van der Waals surface area contributed by atoms with Crippen LogP contribution in [0.15, 0.2) is 46.9 Å². The molecule has 2 aromatic rings. The molecule has 0 aliphatic carbocycles. The fourth-order valence-electron chi connectivity index (χ4n) is 1.99. The molecule has 2 rings (SSSR count). The minimum absolute atomic E-state index is 0.100. The van der Waals surface area contributed by atoms with Crippen molar-refractivity contribution < 1.29 is 14.3 Å². The van der Waals surface area contributed by atoms with Gasteiger partial charge in [-0.1, -0.05) is 25.1 Å². The standard InChI is InChI=1S/C17H16BrNO3/c1-2-13-5-3-4-6-15(13)19-17(21)11-22-16-8-7-12(10-20)9-14(16)18/h3-10H,2,11H2,1H3,(H,19,21). The van der Waals surface area contributed by atoms with Gasteiger partial charge >= 0.3 is 0 Å². The van der Waals surface area contributed by atoms with Gasteiger partial charge in [0.1, 0.15) is 12.0 Å². The maximum atomic E-state index is 12.0. The van der Waals surface area contributed by atoms with E-state index in [1.165, 1.54) is 0 Å². The highest BCUT2D eigenvalue weighted by molar-refractivity contribution is 9.10. The number of ether oxygens (including phenoxy) is 1. The summed E-state index contributed by atoms with van der Waals surface area (Å²) in [6.45, 7) is 1.93. The Morgan fingerprint density at radius 3 is 2.73 bits per heavy atom. The molecule has 4 nitrogen and oxygen atoms in total. The number of benzene rings is 2. The molecule has 0 bridgehead atoms. The highest BCUT2D eigenvalue weighted by Gasteiger charge is 2.08. The number of anilines is 1. The van der Waals surface area contributed by atoms with Crippen LogP contribution in [0.4, 0.5) is 5.69 Å². The van der Waals surface area contributed by atoms with E-state index < -0.39 is 0 Å². The smallest absolute Gasteiger partial charge is 0.262 e. The van der Waals surface area contributed by atoms with E-state index in [2.05, 4.69) is 21.2 Å². The highest BCUT2D eigenvalue weighted by Crippen LogP contribution is 2.25. The van der Waals surface area contributed by atoms with Crippen molar-refractivity contribution in [2.75, 3.05) is 11.9 Å². The number of aryl methyl sites for hydroxylation is 1. The zero-order valence-electron chi connectivity index (χ0n) is 12.1. The molecule has 0 heterocycles. The van der Waals surface area contributed by atoms with Crippen molar-refractivity contribution in [2.24, 2.45) is 0 Å². The summed E-state index contributed by atoms with van der Waals surface area (Å²) in [6, 6.07) is 12.6. The van der Waals surface area contributed by atoms with Gasteiger partial charge < -0.3 is 10.1 Å². The number of nitrogens with one attached hydrogen (secondary N) is 1. The lowest BCUT2D eigenvalue weighted by atomic mass is 10.1. The summed E-state index contributed by atoms with van der Waals surface area (Å²) in [7, 11) is 0. The van der Waals surface area contributed by atoms with E-state index in [1.807, 2.05) is 31.2 Å². The first kappa shape index (κ1) is 16.2. The molecule has 0 atom stereocenters. The van der Waals surface area contributed by atoms with Gasteiger partial charge in [0.25, 0.3) is 5.91 Å². The minimum Gasteiger partial charge on any atom is -0.483 e. The molecule has 0 saturated heterocycles. The second kappa shape index (κ2) is 7.75. The third-order valence-electron chi connectivity index (χ3n) is 3.12. The number of amides is 1. The largest absolute Gasteiger partial charge is 0.483 e. The molecule has 0 unspecified atom stereocenters. The van der Waals surface area contributed by atoms with Crippen LogP contribution < -0.4 is 10.1 Å². The fourth-order valence-corrected chi connectivity index (χ4v) is 2.50. The highest BCUT2D eigenvalue weighted by atomic mass is 79.9. The van der Waals surface area contributed by atoms with Crippen LogP contribution in [0.2, 0.25) is 0 Å². The van der Waals surface area contributed by atoms with Gasteiger partial charge in [-0.25, -0.2) is 0 Å². The lowest BCUT2D eigenvalue weighted by Crippen LogP contribution is -2.21. The topological polar surface area (TPSA) is 55.4 Å². The van der Waals surface area contributed by atoms with E-state index in [9.17, 15) is 9.59 Å². The number of carbonyl (C=O) groups excluding carboxylic acids is 2. The molecule has 2 aromatic carbocycles. The molecular weight excluding hydrogens is 346 g/mol. The third-order valence-corrected chi connectivity index (χ3v) is 3.74. The van der Waals surface area contributed by atoms with Crippen LogP contribution in [-0.4, -0.2) is 18.8 Å². The van der Waals surface area contributed by atoms with E-state index >= 15 is 0 Å². The number of aldehydes is 1. The molecule has 22 heavy (non-hydrogen) atoms. The van der Waals surface area contributed by atoms with Crippen LogP contribution in [0.25, 0.3) is 0 Å². The van der Waals surface area contributed by atoms with Crippen molar-refractivity contribution in [1.29, 1.82) is 0 Å². The second-order valence-electron chi connectivity index (χ2n) is 4.66. The van der Waals surface area contributed by atoms with Crippen molar-refractivity contribution in [3.05, 3.63) is 58.1 Å². The monoisotopic (exact) mass is 361 g/mol. The van der Waals surface area contributed by atoms with Crippen LogP contribution in [0, 0.1) is 0 Å². The molecule has 0 fully saturated rings. The molecule has 0 aliphatic heterocycles. The Labute approximate surface area is 137 Å². The summed E-state index contributed by atoms with van der Waals surface area (Å²) in [6.07, 6.45) is 1.60. The van der Waals surface area contributed by atoms with Crippen molar-refractivity contribution >= 4 is 33.8 Å². The Bertz CT molecular complexity index is 685. The first-order chi connectivity index (χ1) is 10.6. The molecule has 114 valence electrons. The predicted octanol–water partition coefficient (Wildman–Crippen LogP) is 3.84. The Morgan fingerprint density at radius 1 is 1.27 bits per heavy atom. The Balaban J connectivity index is 1.97. The zero-order valence-corrected chi connectivity index (χ0v) is 13.7. The quantitative estimate of drug-likeness (QED) is 0.795. The van der Waals surface area contributed by atoms with E-state index in [1.54, 1.807) is 18.2 Å². The van der Waals surface area contributed by atoms with Gasteiger partial charge in [0.05, 0.1) is 4.47 Å². The summed E-state index contributed by atoms with van der Waals surface area (Å²) in [4.78, 5) is 22.7. The number of halogens is 1. The molecule has 0 aliphatic rings. The van der Waals surface area contributed by atoms with Crippen molar-refractivity contribution in [3.63, 3.8) is 0 Å². The maximum Gasteiger partial charge on any atom is 0.262 e. The normalized spacial score (nSPS) is 10.1. The molecule has 0 spiro atoms. The zero-order chi connectivity index (χ0) is 15.9. The van der Waals surface area contributed by atoms with E-state index in [-0.39, 0.29) is 12.5 Å². The summed E-state index contributed by atoms with van der Waals surface area (Å²) < 4.78 is 6.11. The van der Waals surface area contributed by atoms with Crippen molar-refractivity contribution in [1.82, 2.24) is 0 Å². The van der Waals surface area contributed by atoms with Gasteiger partial charge in [0.2, 0.25) is 0 Å². The number of hydrogen-bond acceptors (Lipinski definition) is 3. The first-order valence-electron chi connectivity index (χ1n) is 6.89. The molecule has 0 saturated carbocycles. The number of para-hydroxylation sites is 1. The van der Waals surface area contributed by atoms with Crippen molar-refractivity contribution in [3.8, 4) is 5.75 Å². The maximum absolute atomic E-state index is 12.0. The van der Waals surface area contributed by atoms with Gasteiger partial charge in [-0.05, 0) is 52.2 Å². The molecule has 0 radical (unpaired) electrons. The minimum atomic E-state index is -0.229. The Hall–Kier alpha value is -2.14. The van der Waals surface area contributed by atoms with E-state index in [0.29, 0.717) is 15.8 Å². The Kier molecular flexibility index (Phi) is 5.72. The molecular formula is C17H16BrNO3. The van der Waals surface area contributed by atoms with Gasteiger partial charge in [0, 0.05) is 11.3 Å². The number of hydrogen-bond donors (Lipinski definition) is 1. The van der Waals surface area contributed by atoms with Gasteiger partial charge in [0.15, 0.2) is 6.61 Å². The third kappa shape index (κ3) is 4.18. The van der Waals surface area contributed by atoms with Crippen LogP contribution in [0.5, 0.6) is 5.75 Å². The molecule has 0 aromatic heterocycles. The molecule has 1 amide bonds. The van der Waals surface area contributed by atoms with Crippen molar-refractivity contribution in [2.45, 2.75) is 13.3 Å². The van der Waals surface area contributed by atoms with Crippen LogP contribution in [0.1, 0.15) is 22.8 Å². The SMILES string of the molecule is CCc1ccccc1NC(=O)COc1ccc(C=O)cc1Br. The van der Waals surface area contributed by atoms with Crippen LogP contribution in [-0.2, 0) is 11.2 Å². The summed E-state index contributed by atoms with van der Waals surface area (Å²) in [5.41, 5.74) is 2.42. The predicted molar refractivity (Wildman–Crippen MR) is 89.5 cm³/mol.